The van der Waals surface area contributed by atoms with E-state index in [1.54, 1.807) is 18.2 Å². The molecule has 0 saturated carbocycles. The third-order valence-electron chi connectivity index (χ3n) is 2.60. The molecule has 96 valence electrons. The lowest BCUT2D eigenvalue weighted by Gasteiger charge is -2.14. The summed E-state index contributed by atoms with van der Waals surface area (Å²) in [6, 6.07) is 6.41. The van der Waals surface area contributed by atoms with Crippen LogP contribution in [0.15, 0.2) is 18.2 Å². The maximum Gasteiger partial charge on any atom is 0.320 e. The zero-order chi connectivity index (χ0) is 13.5. The van der Waals surface area contributed by atoms with E-state index in [9.17, 15) is 4.79 Å². The van der Waals surface area contributed by atoms with E-state index in [0.29, 0.717) is 23.6 Å². The van der Waals surface area contributed by atoms with Crippen LogP contribution < -0.4 is 5.32 Å². The second-order valence-electron chi connectivity index (χ2n) is 3.98. The first kappa shape index (κ1) is 14.5. The van der Waals surface area contributed by atoms with E-state index in [4.69, 9.17) is 22.0 Å². The van der Waals surface area contributed by atoms with Gasteiger partial charge in [0.2, 0.25) is 0 Å². The van der Waals surface area contributed by atoms with E-state index < -0.39 is 12.0 Å². The molecule has 0 saturated heterocycles. The van der Waals surface area contributed by atoms with Crippen molar-refractivity contribution in [3.05, 3.63) is 34.3 Å². The molecule has 1 aromatic carbocycles. The third kappa shape index (κ3) is 4.02. The first-order valence-electron chi connectivity index (χ1n) is 5.73. The molecule has 2 N–H and O–H groups in total. The number of nitriles is 1. The van der Waals surface area contributed by atoms with Crippen molar-refractivity contribution in [2.45, 2.75) is 32.4 Å². The number of carboxylic acid groups (broad SMARTS) is 1. The molecular weight excluding hydrogens is 252 g/mol. The van der Waals surface area contributed by atoms with Crippen LogP contribution in [0.2, 0.25) is 5.02 Å². The number of halogens is 1. The number of hydrogen-bond acceptors (Lipinski definition) is 3. The molecule has 0 aliphatic carbocycles. The minimum Gasteiger partial charge on any atom is -0.480 e. The highest BCUT2D eigenvalue weighted by atomic mass is 35.5. The van der Waals surface area contributed by atoms with Crippen LogP contribution in [-0.4, -0.2) is 17.1 Å². The molecule has 0 radical (unpaired) electrons. The lowest BCUT2D eigenvalue weighted by atomic mass is 10.1. The van der Waals surface area contributed by atoms with Crippen molar-refractivity contribution in [3.8, 4) is 6.07 Å². The fourth-order valence-electron chi connectivity index (χ4n) is 1.59. The SMILES string of the molecule is CCCC(NCc1ccc(C#N)cc1Cl)C(=O)O. The van der Waals surface area contributed by atoms with Gasteiger partial charge in [0.25, 0.3) is 0 Å². The molecule has 0 heterocycles. The Hall–Kier alpha value is -1.57. The average molecular weight is 267 g/mol. The molecule has 0 fully saturated rings. The highest BCUT2D eigenvalue weighted by Gasteiger charge is 2.15. The van der Waals surface area contributed by atoms with E-state index >= 15 is 0 Å². The number of carboxylic acids is 1. The van der Waals surface area contributed by atoms with Gasteiger partial charge in [0.05, 0.1) is 11.6 Å². The Morgan fingerprint density at radius 2 is 2.33 bits per heavy atom. The summed E-state index contributed by atoms with van der Waals surface area (Å²) >= 11 is 6.01. The number of nitrogens with zero attached hydrogens (tertiary/aromatic N) is 1. The number of benzene rings is 1. The Kier molecular flexibility index (Phi) is 5.63. The number of nitrogens with one attached hydrogen (secondary N) is 1. The molecule has 5 heteroatoms. The Balaban J connectivity index is 2.68. The van der Waals surface area contributed by atoms with Gasteiger partial charge in [0, 0.05) is 11.6 Å². The van der Waals surface area contributed by atoms with E-state index in [0.717, 1.165) is 12.0 Å². The molecule has 0 aliphatic heterocycles. The molecule has 1 atom stereocenters. The Bertz CT molecular complexity index is 469. The first-order chi connectivity index (χ1) is 8.58. The summed E-state index contributed by atoms with van der Waals surface area (Å²) < 4.78 is 0. The van der Waals surface area contributed by atoms with Gasteiger partial charge in [0.15, 0.2) is 0 Å². The minimum atomic E-state index is -0.860. The van der Waals surface area contributed by atoms with Crippen molar-refractivity contribution in [3.63, 3.8) is 0 Å². The van der Waals surface area contributed by atoms with E-state index in [1.165, 1.54) is 0 Å². The van der Waals surface area contributed by atoms with Crippen LogP contribution in [-0.2, 0) is 11.3 Å². The third-order valence-corrected chi connectivity index (χ3v) is 2.95. The van der Waals surface area contributed by atoms with Gasteiger partial charge < -0.3 is 10.4 Å². The van der Waals surface area contributed by atoms with Gasteiger partial charge in [-0.05, 0) is 24.1 Å². The van der Waals surface area contributed by atoms with Crippen molar-refractivity contribution < 1.29 is 9.90 Å². The lowest BCUT2D eigenvalue weighted by Crippen LogP contribution is -2.36. The van der Waals surface area contributed by atoms with Crippen LogP contribution >= 0.6 is 11.6 Å². The van der Waals surface area contributed by atoms with Gasteiger partial charge in [-0.25, -0.2) is 0 Å². The Morgan fingerprint density at radius 3 is 2.83 bits per heavy atom. The summed E-state index contributed by atoms with van der Waals surface area (Å²) in [7, 11) is 0. The summed E-state index contributed by atoms with van der Waals surface area (Å²) in [6.45, 7) is 2.31. The zero-order valence-corrected chi connectivity index (χ0v) is 10.9. The number of hydrogen-bond donors (Lipinski definition) is 2. The van der Waals surface area contributed by atoms with Gasteiger partial charge >= 0.3 is 5.97 Å². The van der Waals surface area contributed by atoms with Crippen LogP contribution in [0.4, 0.5) is 0 Å². The molecule has 0 spiro atoms. The normalized spacial score (nSPS) is 11.8. The van der Waals surface area contributed by atoms with Crippen LogP contribution in [0.5, 0.6) is 0 Å². The summed E-state index contributed by atoms with van der Waals surface area (Å²) in [6.07, 6.45) is 1.37. The molecule has 1 aromatic rings. The average Bonchev–Trinajstić information content (AvgIpc) is 2.35. The molecule has 4 nitrogen and oxygen atoms in total. The second-order valence-corrected chi connectivity index (χ2v) is 4.39. The second kappa shape index (κ2) is 7.00. The molecule has 0 aliphatic rings. The molecule has 0 bridgehead atoms. The molecule has 0 aromatic heterocycles. The summed E-state index contributed by atoms with van der Waals surface area (Å²) in [4.78, 5) is 11.0. The highest BCUT2D eigenvalue weighted by molar-refractivity contribution is 6.31. The van der Waals surface area contributed by atoms with Crippen LogP contribution in [0.1, 0.15) is 30.9 Å². The van der Waals surface area contributed by atoms with Crippen LogP contribution in [0.3, 0.4) is 0 Å². The van der Waals surface area contributed by atoms with Crippen molar-refractivity contribution in [2.24, 2.45) is 0 Å². The van der Waals surface area contributed by atoms with E-state index in [-0.39, 0.29) is 0 Å². The first-order valence-corrected chi connectivity index (χ1v) is 6.11. The van der Waals surface area contributed by atoms with Crippen molar-refractivity contribution in [1.82, 2.24) is 5.32 Å². The topological polar surface area (TPSA) is 73.1 Å². The number of rotatable bonds is 6. The molecule has 0 amide bonds. The number of aliphatic carboxylic acids is 1. The number of carbonyl (C=O) groups is 1. The van der Waals surface area contributed by atoms with Gasteiger partial charge in [-0.2, -0.15) is 5.26 Å². The maximum atomic E-state index is 11.0. The largest absolute Gasteiger partial charge is 0.480 e. The zero-order valence-electron chi connectivity index (χ0n) is 10.1. The van der Waals surface area contributed by atoms with Gasteiger partial charge in [0.1, 0.15) is 6.04 Å². The van der Waals surface area contributed by atoms with E-state index in [1.807, 2.05) is 13.0 Å². The predicted molar refractivity (Wildman–Crippen MR) is 69.3 cm³/mol. The smallest absolute Gasteiger partial charge is 0.320 e. The summed E-state index contributed by atoms with van der Waals surface area (Å²) in [5.41, 5.74) is 1.28. The fourth-order valence-corrected chi connectivity index (χ4v) is 1.84. The highest BCUT2D eigenvalue weighted by Crippen LogP contribution is 2.17. The monoisotopic (exact) mass is 266 g/mol. The van der Waals surface area contributed by atoms with Crippen molar-refractivity contribution >= 4 is 17.6 Å². The van der Waals surface area contributed by atoms with Gasteiger partial charge in [-0.3, -0.25) is 4.79 Å². The van der Waals surface area contributed by atoms with Crippen molar-refractivity contribution in [2.75, 3.05) is 0 Å². The van der Waals surface area contributed by atoms with E-state index in [2.05, 4.69) is 5.32 Å². The molecule has 1 rings (SSSR count). The minimum absolute atomic E-state index is 0.376. The van der Waals surface area contributed by atoms with Crippen LogP contribution in [0, 0.1) is 11.3 Å². The molecule has 1 unspecified atom stereocenters. The predicted octanol–water partition coefficient (Wildman–Crippen LogP) is 2.55. The lowest BCUT2D eigenvalue weighted by molar-refractivity contribution is -0.139. The molecule has 18 heavy (non-hydrogen) atoms. The Labute approximate surface area is 111 Å². The van der Waals surface area contributed by atoms with Gasteiger partial charge in [-0.1, -0.05) is 31.0 Å². The summed E-state index contributed by atoms with van der Waals surface area (Å²) in [5, 5.41) is 21.1. The molecular formula is C13H15ClN2O2. The summed E-state index contributed by atoms with van der Waals surface area (Å²) in [5.74, 6) is -0.860. The van der Waals surface area contributed by atoms with Gasteiger partial charge in [-0.15, -0.1) is 0 Å². The Morgan fingerprint density at radius 1 is 1.61 bits per heavy atom. The van der Waals surface area contributed by atoms with Crippen LogP contribution in [0.25, 0.3) is 0 Å². The fraction of sp³-hybridized carbons (Fsp3) is 0.385. The standard InChI is InChI=1S/C13H15ClN2O2/c1-2-3-12(13(17)18)16-8-10-5-4-9(7-15)6-11(10)14/h4-6,12,16H,2-3,8H2,1H3,(H,17,18). The quantitative estimate of drug-likeness (QED) is 0.830. The maximum absolute atomic E-state index is 11.0. The van der Waals surface area contributed by atoms with Crippen molar-refractivity contribution in [1.29, 1.82) is 5.26 Å².